The Morgan fingerprint density at radius 3 is 2.23 bits per heavy atom. The Balaban J connectivity index is 1.86. The summed E-state index contributed by atoms with van der Waals surface area (Å²) in [6.45, 7) is 2.23. The van der Waals surface area contributed by atoms with Crippen LogP contribution in [0.1, 0.15) is 24.0 Å². The van der Waals surface area contributed by atoms with Crippen LogP contribution < -0.4 is 0 Å². The van der Waals surface area contributed by atoms with E-state index in [9.17, 15) is 8.42 Å². The standard InChI is InChI=1S/C17H20ClNO2S/c1-15-10-12-17(13-11-15)22(20,21)19(18)14-6-5-9-16-7-3-2-4-8-16/h2-4,7-8,10-13H,5-6,9,14H2,1H3. The largest absolute Gasteiger partial charge is 0.256 e. The fraction of sp³-hybridized carbons (Fsp3) is 0.294. The van der Waals surface area contributed by atoms with E-state index in [0.717, 1.165) is 28.7 Å². The molecule has 0 atom stereocenters. The monoisotopic (exact) mass is 337 g/mol. The number of hydrogen-bond acceptors (Lipinski definition) is 2. The van der Waals surface area contributed by atoms with Gasteiger partial charge in [-0.1, -0.05) is 48.0 Å². The molecule has 22 heavy (non-hydrogen) atoms. The topological polar surface area (TPSA) is 37.4 Å². The summed E-state index contributed by atoms with van der Waals surface area (Å²) >= 11 is 5.97. The summed E-state index contributed by atoms with van der Waals surface area (Å²) in [7, 11) is -3.60. The molecule has 0 heterocycles. The van der Waals surface area contributed by atoms with Gasteiger partial charge in [0.25, 0.3) is 10.0 Å². The second-order valence-electron chi connectivity index (χ2n) is 5.27. The molecule has 0 aliphatic rings. The molecule has 0 bridgehead atoms. The number of benzene rings is 2. The van der Waals surface area contributed by atoms with Crippen molar-refractivity contribution in [2.75, 3.05) is 6.54 Å². The van der Waals surface area contributed by atoms with Crippen LogP contribution in [0.3, 0.4) is 0 Å². The Labute approximate surface area is 137 Å². The summed E-state index contributed by atoms with van der Waals surface area (Å²) in [5.74, 6) is 0. The van der Waals surface area contributed by atoms with Crippen LogP contribution in [0.2, 0.25) is 0 Å². The lowest BCUT2D eigenvalue weighted by Crippen LogP contribution is -2.23. The number of nitrogens with zero attached hydrogens (tertiary/aromatic N) is 1. The molecule has 0 aliphatic carbocycles. The average Bonchev–Trinajstić information content (AvgIpc) is 2.52. The van der Waals surface area contributed by atoms with E-state index in [4.69, 9.17) is 11.8 Å². The van der Waals surface area contributed by atoms with Crippen LogP contribution in [0.15, 0.2) is 59.5 Å². The van der Waals surface area contributed by atoms with E-state index in [0.29, 0.717) is 6.54 Å². The molecule has 0 saturated heterocycles. The molecule has 0 aliphatic heterocycles. The number of rotatable bonds is 7. The molecule has 0 fully saturated rings. The van der Waals surface area contributed by atoms with Crippen molar-refractivity contribution in [1.29, 1.82) is 0 Å². The highest BCUT2D eigenvalue weighted by atomic mass is 35.5. The van der Waals surface area contributed by atoms with Gasteiger partial charge in [0.2, 0.25) is 0 Å². The van der Waals surface area contributed by atoms with Crippen molar-refractivity contribution in [3.63, 3.8) is 0 Å². The zero-order chi connectivity index (χ0) is 16.0. The number of hydrogen-bond donors (Lipinski definition) is 0. The second-order valence-corrected chi connectivity index (χ2v) is 7.74. The van der Waals surface area contributed by atoms with Crippen molar-refractivity contribution in [2.24, 2.45) is 0 Å². The maximum absolute atomic E-state index is 12.3. The first-order valence-electron chi connectivity index (χ1n) is 7.29. The summed E-state index contributed by atoms with van der Waals surface area (Å²) in [5.41, 5.74) is 2.27. The van der Waals surface area contributed by atoms with Crippen LogP contribution in [0.5, 0.6) is 0 Å². The summed E-state index contributed by atoms with van der Waals surface area (Å²) in [4.78, 5) is 0.233. The van der Waals surface area contributed by atoms with Gasteiger partial charge in [-0.2, -0.15) is 0 Å². The lowest BCUT2D eigenvalue weighted by Gasteiger charge is -2.14. The van der Waals surface area contributed by atoms with Crippen LogP contribution in [-0.4, -0.2) is 18.8 Å². The molecule has 5 heteroatoms. The van der Waals surface area contributed by atoms with E-state index in [-0.39, 0.29) is 4.90 Å². The van der Waals surface area contributed by atoms with Crippen LogP contribution in [0.25, 0.3) is 0 Å². The molecule has 0 unspecified atom stereocenters. The zero-order valence-electron chi connectivity index (χ0n) is 12.6. The number of unbranched alkanes of at least 4 members (excludes halogenated alkanes) is 1. The first kappa shape index (κ1) is 17.0. The van der Waals surface area contributed by atoms with Crippen LogP contribution in [0, 0.1) is 6.92 Å². The molecule has 2 aromatic rings. The third kappa shape index (κ3) is 4.57. The minimum atomic E-state index is -3.60. The lowest BCUT2D eigenvalue weighted by atomic mass is 10.1. The predicted octanol–water partition coefficient (Wildman–Crippen LogP) is 4.16. The second kappa shape index (κ2) is 7.77. The summed E-state index contributed by atoms with van der Waals surface area (Å²) in [6.07, 6.45) is 2.55. The molecule has 0 radical (unpaired) electrons. The third-order valence-electron chi connectivity index (χ3n) is 3.47. The molecule has 0 spiro atoms. The van der Waals surface area contributed by atoms with Gasteiger partial charge in [-0.25, -0.2) is 8.42 Å². The van der Waals surface area contributed by atoms with Crippen molar-refractivity contribution < 1.29 is 8.42 Å². The first-order valence-corrected chi connectivity index (χ1v) is 9.07. The highest BCUT2D eigenvalue weighted by Crippen LogP contribution is 2.19. The Hall–Kier alpha value is -1.36. The Morgan fingerprint density at radius 2 is 1.59 bits per heavy atom. The van der Waals surface area contributed by atoms with Crippen LogP contribution in [-0.2, 0) is 16.4 Å². The Morgan fingerprint density at radius 1 is 0.955 bits per heavy atom. The zero-order valence-corrected chi connectivity index (χ0v) is 14.1. The molecule has 0 amide bonds. The van der Waals surface area contributed by atoms with Gasteiger partial charge in [-0.05, 0) is 55.7 Å². The highest BCUT2D eigenvalue weighted by Gasteiger charge is 2.22. The van der Waals surface area contributed by atoms with E-state index in [1.807, 2.05) is 25.1 Å². The van der Waals surface area contributed by atoms with Crippen LogP contribution >= 0.6 is 11.8 Å². The van der Waals surface area contributed by atoms with Gasteiger partial charge < -0.3 is 0 Å². The van der Waals surface area contributed by atoms with Crippen molar-refractivity contribution in [2.45, 2.75) is 31.1 Å². The molecule has 0 saturated carbocycles. The predicted molar refractivity (Wildman–Crippen MR) is 90.3 cm³/mol. The van der Waals surface area contributed by atoms with Gasteiger partial charge in [0.1, 0.15) is 0 Å². The highest BCUT2D eigenvalue weighted by molar-refractivity contribution is 7.90. The fourth-order valence-corrected chi connectivity index (χ4v) is 3.59. The molecule has 0 N–H and O–H groups in total. The Bertz CT molecular complexity index is 684. The van der Waals surface area contributed by atoms with Crippen LogP contribution in [0.4, 0.5) is 0 Å². The molecule has 2 rings (SSSR count). The normalized spacial score (nSPS) is 11.8. The van der Waals surface area contributed by atoms with Crippen molar-refractivity contribution in [3.8, 4) is 0 Å². The van der Waals surface area contributed by atoms with Crippen molar-refractivity contribution in [3.05, 3.63) is 65.7 Å². The van der Waals surface area contributed by atoms with E-state index in [1.165, 1.54) is 5.56 Å². The molecule has 3 nitrogen and oxygen atoms in total. The maximum Gasteiger partial charge on any atom is 0.256 e. The number of halogens is 1. The molecule has 0 aromatic heterocycles. The molecule has 118 valence electrons. The van der Waals surface area contributed by atoms with E-state index < -0.39 is 10.0 Å². The quantitative estimate of drug-likeness (QED) is 0.562. The van der Waals surface area contributed by atoms with Gasteiger partial charge in [-0.15, -0.1) is 3.82 Å². The smallest absolute Gasteiger partial charge is 0.206 e. The maximum atomic E-state index is 12.3. The average molecular weight is 338 g/mol. The van der Waals surface area contributed by atoms with E-state index >= 15 is 0 Å². The Kier molecular flexibility index (Phi) is 6.00. The van der Waals surface area contributed by atoms with E-state index in [1.54, 1.807) is 24.3 Å². The summed E-state index contributed by atoms with van der Waals surface area (Å²) in [5, 5.41) is 0. The minimum absolute atomic E-state index is 0.233. The third-order valence-corrected chi connectivity index (χ3v) is 5.76. The lowest BCUT2D eigenvalue weighted by molar-refractivity contribution is 0.522. The fourth-order valence-electron chi connectivity index (χ4n) is 2.15. The summed E-state index contributed by atoms with van der Waals surface area (Å²) in [6, 6.07) is 16.9. The van der Waals surface area contributed by atoms with Crippen molar-refractivity contribution >= 4 is 21.8 Å². The number of aryl methyl sites for hydroxylation is 2. The first-order chi connectivity index (χ1) is 10.5. The van der Waals surface area contributed by atoms with Gasteiger partial charge in [0.15, 0.2) is 0 Å². The van der Waals surface area contributed by atoms with Crippen molar-refractivity contribution in [1.82, 2.24) is 3.82 Å². The minimum Gasteiger partial charge on any atom is -0.206 e. The van der Waals surface area contributed by atoms with Gasteiger partial charge >= 0.3 is 0 Å². The summed E-state index contributed by atoms with van der Waals surface area (Å²) < 4.78 is 25.5. The number of sulfonamides is 1. The van der Waals surface area contributed by atoms with Gasteiger partial charge in [0.05, 0.1) is 4.90 Å². The molecule has 2 aromatic carbocycles. The molecular formula is C17H20ClNO2S. The van der Waals surface area contributed by atoms with Gasteiger partial charge in [-0.3, -0.25) is 0 Å². The SMILES string of the molecule is Cc1ccc(S(=O)(=O)N(Cl)CCCCc2ccccc2)cc1. The van der Waals surface area contributed by atoms with E-state index in [2.05, 4.69) is 12.1 Å². The van der Waals surface area contributed by atoms with Gasteiger partial charge in [0, 0.05) is 6.54 Å². The molecular weight excluding hydrogens is 318 g/mol.